The van der Waals surface area contributed by atoms with Crippen LogP contribution in [0.25, 0.3) is 0 Å². The Labute approximate surface area is 113 Å². The molecule has 102 valence electrons. The number of aromatic nitrogens is 4. The van der Waals surface area contributed by atoms with Gasteiger partial charge in [0, 0.05) is 31.4 Å². The van der Waals surface area contributed by atoms with Crippen LogP contribution in [0.5, 0.6) is 0 Å². The first kappa shape index (κ1) is 13.7. The summed E-state index contributed by atoms with van der Waals surface area (Å²) in [4.78, 5) is 4.38. The fraction of sp³-hybridized carbons (Fsp3) is 0.500. The number of hydrogen-bond donors (Lipinski definition) is 1. The summed E-state index contributed by atoms with van der Waals surface area (Å²) >= 11 is 0. The molecule has 0 aliphatic rings. The van der Waals surface area contributed by atoms with E-state index in [0.29, 0.717) is 0 Å². The van der Waals surface area contributed by atoms with E-state index in [-0.39, 0.29) is 6.04 Å². The number of rotatable bonds is 5. The second kappa shape index (κ2) is 5.93. The molecule has 2 N–H and O–H groups in total. The third kappa shape index (κ3) is 2.98. The quantitative estimate of drug-likeness (QED) is 0.889. The molecule has 2 heterocycles. The van der Waals surface area contributed by atoms with Crippen molar-refractivity contribution in [2.45, 2.75) is 46.2 Å². The Morgan fingerprint density at radius 1 is 1.32 bits per heavy atom. The highest BCUT2D eigenvalue weighted by atomic mass is 15.1. The molecule has 2 aromatic rings. The summed E-state index contributed by atoms with van der Waals surface area (Å²) in [6.07, 6.45) is 5.37. The summed E-state index contributed by atoms with van der Waals surface area (Å²) in [5.41, 5.74) is 9.30. The van der Waals surface area contributed by atoms with Gasteiger partial charge in [-0.15, -0.1) is 0 Å². The molecule has 0 spiro atoms. The van der Waals surface area contributed by atoms with Crippen LogP contribution in [0.3, 0.4) is 0 Å². The lowest BCUT2D eigenvalue weighted by atomic mass is 10.0. The average Bonchev–Trinajstić information content (AvgIpc) is 2.85. The van der Waals surface area contributed by atoms with Crippen molar-refractivity contribution in [2.24, 2.45) is 5.73 Å². The third-order valence-corrected chi connectivity index (χ3v) is 3.31. The van der Waals surface area contributed by atoms with Crippen LogP contribution in [0.4, 0.5) is 0 Å². The van der Waals surface area contributed by atoms with Crippen molar-refractivity contribution in [3.63, 3.8) is 0 Å². The lowest BCUT2D eigenvalue weighted by molar-refractivity contribution is 0.618. The van der Waals surface area contributed by atoms with Crippen LogP contribution in [0, 0.1) is 6.92 Å². The van der Waals surface area contributed by atoms with E-state index in [9.17, 15) is 0 Å². The maximum Gasteiger partial charge on any atom is 0.110 e. The van der Waals surface area contributed by atoms with Crippen LogP contribution in [0.2, 0.25) is 0 Å². The molecule has 19 heavy (non-hydrogen) atoms. The summed E-state index contributed by atoms with van der Waals surface area (Å²) in [7, 11) is 0. The van der Waals surface area contributed by atoms with Crippen molar-refractivity contribution < 1.29 is 0 Å². The number of aryl methyl sites for hydroxylation is 3. The molecule has 2 aromatic heterocycles. The SMILES string of the molecule is CCc1nnc(C)cc1C(N)Cc1nccn1CC. The van der Waals surface area contributed by atoms with Crippen molar-refractivity contribution in [3.8, 4) is 0 Å². The summed E-state index contributed by atoms with van der Waals surface area (Å²) in [6, 6.07) is 1.95. The lowest BCUT2D eigenvalue weighted by Crippen LogP contribution is -2.19. The van der Waals surface area contributed by atoms with Gasteiger partial charge < -0.3 is 10.3 Å². The number of imidazole rings is 1. The van der Waals surface area contributed by atoms with Crippen molar-refractivity contribution in [1.82, 2.24) is 19.7 Å². The predicted molar refractivity (Wildman–Crippen MR) is 74.7 cm³/mol. The lowest BCUT2D eigenvalue weighted by Gasteiger charge is -2.15. The standard InChI is InChI=1S/C14H21N5/c1-4-13-11(8-10(3)17-18-13)12(15)9-14-16-6-7-19(14)5-2/h6-8,12H,4-5,9,15H2,1-3H3. The molecule has 0 saturated carbocycles. The smallest absolute Gasteiger partial charge is 0.110 e. The first-order chi connectivity index (χ1) is 9.15. The molecule has 0 bridgehead atoms. The van der Waals surface area contributed by atoms with E-state index in [4.69, 9.17) is 5.73 Å². The van der Waals surface area contributed by atoms with Gasteiger partial charge in [0.25, 0.3) is 0 Å². The fourth-order valence-corrected chi connectivity index (χ4v) is 2.25. The molecule has 2 rings (SSSR count). The molecule has 0 saturated heterocycles. The molecule has 1 unspecified atom stereocenters. The van der Waals surface area contributed by atoms with Gasteiger partial charge >= 0.3 is 0 Å². The van der Waals surface area contributed by atoms with Gasteiger partial charge in [-0.25, -0.2) is 4.98 Å². The zero-order valence-corrected chi connectivity index (χ0v) is 11.8. The minimum atomic E-state index is -0.0863. The molecular formula is C14H21N5. The Balaban J connectivity index is 2.24. The topological polar surface area (TPSA) is 69.6 Å². The second-order valence-corrected chi connectivity index (χ2v) is 4.68. The van der Waals surface area contributed by atoms with Crippen LogP contribution in [-0.4, -0.2) is 19.7 Å². The number of nitrogens with zero attached hydrogens (tertiary/aromatic N) is 4. The van der Waals surface area contributed by atoms with Crippen molar-refractivity contribution in [2.75, 3.05) is 0 Å². The largest absolute Gasteiger partial charge is 0.335 e. The Morgan fingerprint density at radius 2 is 2.11 bits per heavy atom. The molecule has 0 aromatic carbocycles. The first-order valence-corrected chi connectivity index (χ1v) is 6.74. The molecule has 1 atom stereocenters. The zero-order chi connectivity index (χ0) is 13.8. The van der Waals surface area contributed by atoms with Crippen LogP contribution in [0.1, 0.15) is 42.7 Å². The van der Waals surface area contributed by atoms with Crippen LogP contribution in [-0.2, 0) is 19.4 Å². The Bertz CT molecular complexity index is 547. The van der Waals surface area contributed by atoms with E-state index in [1.165, 1.54) is 0 Å². The summed E-state index contributed by atoms with van der Waals surface area (Å²) in [5, 5.41) is 8.33. The van der Waals surface area contributed by atoms with Crippen molar-refractivity contribution in [1.29, 1.82) is 0 Å². The minimum absolute atomic E-state index is 0.0863. The Hall–Kier alpha value is -1.75. The molecule has 0 aliphatic heterocycles. The van der Waals surface area contributed by atoms with E-state index < -0.39 is 0 Å². The maximum atomic E-state index is 6.33. The van der Waals surface area contributed by atoms with Crippen molar-refractivity contribution >= 4 is 0 Å². The van der Waals surface area contributed by atoms with Gasteiger partial charge in [-0.05, 0) is 31.9 Å². The van der Waals surface area contributed by atoms with Gasteiger partial charge in [-0.1, -0.05) is 6.92 Å². The highest BCUT2D eigenvalue weighted by Crippen LogP contribution is 2.19. The molecule has 5 heteroatoms. The average molecular weight is 259 g/mol. The summed E-state index contributed by atoms with van der Waals surface area (Å²) in [5.74, 6) is 1.02. The first-order valence-electron chi connectivity index (χ1n) is 6.74. The molecular weight excluding hydrogens is 238 g/mol. The van der Waals surface area contributed by atoms with Crippen molar-refractivity contribution in [3.05, 3.63) is 41.2 Å². The molecule has 0 fully saturated rings. The van der Waals surface area contributed by atoms with Gasteiger partial charge in [-0.2, -0.15) is 10.2 Å². The molecule has 0 aliphatic carbocycles. The minimum Gasteiger partial charge on any atom is -0.335 e. The molecule has 5 nitrogen and oxygen atoms in total. The highest BCUT2D eigenvalue weighted by molar-refractivity contribution is 5.25. The Kier molecular flexibility index (Phi) is 4.27. The van der Waals surface area contributed by atoms with Crippen LogP contribution in [0.15, 0.2) is 18.5 Å². The molecule has 0 radical (unpaired) electrons. The zero-order valence-electron chi connectivity index (χ0n) is 11.8. The van der Waals surface area contributed by atoms with Gasteiger partial charge in [0.05, 0.1) is 11.4 Å². The third-order valence-electron chi connectivity index (χ3n) is 3.31. The monoisotopic (exact) mass is 259 g/mol. The van der Waals surface area contributed by atoms with E-state index in [2.05, 4.69) is 33.6 Å². The van der Waals surface area contributed by atoms with Gasteiger partial charge in [-0.3, -0.25) is 0 Å². The maximum absolute atomic E-state index is 6.33. The van der Waals surface area contributed by atoms with Crippen LogP contribution < -0.4 is 5.73 Å². The van der Waals surface area contributed by atoms with E-state index >= 15 is 0 Å². The van der Waals surface area contributed by atoms with Gasteiger partial charge in [0.15, 0.2) is 0 Å². The van der Waals surface area contributed by atoms with E-state index in [1.54, 1.807) is 0 Å². The predicted octanol–water partition coefficient (Wildman–Crippen LogP) is 1.81. The summed E-state index contributed by atoms with van der Waals surface area (Å²) in [6.45, 7) is 7.03. The second-order valence-electron chi connectivity index (χ2n) is 4.68. The Morgan fingerprint density at radius 3 is 2.79 bits per heavy atom. The number of hydrogen-bond acceptors (Lipinski definition) is 4. The van der Waals surface area contributed by atoms with Gasteiger partial charge in [0.1, 0.15) is 5.82 Å². The van der Waals surface area contributed by atoms with Crippen LogP contribution >= 0.6 is 0 Å². The van der Waals surface area contributed by atoms with Gasteiger partial charge in [0.2, 0.25) is 0 Å². The molecule has 0 amide bonds. The highest BCUT2D eigenvalue weighted by Gasteiger charge is 2.15. The normalized spacial score (nSPS) is 12.6. The summed E-state index contributed by atoms with van der Waals surface area (Å²) < 4.78 is 2.12. The van der Waals surface area contributed by atoms with E-state index in [1.807, 2.05) is 25.4 Å². The van der Waals surface area contributed by atoms with E-state index in [0.717, 1.165) is 42.2 Å². The fourth-order valence-electron chi connectivity index (χ4n) is 2.25. The number of nitrogens with two attached hydrogens (primary N) is 1.